The van der Waals surface area contributed by atoms with Crippen LogP contribution in [0.1, 0.15) is 61.4 Å². The molecule has 0 radical (unpaired) electrons. The molecule has 3 amide bonds. The van der Waals surface area contributed by atoms with E-state index >= 15 is 0 Å². The SMILES string of the molecule is CCN1CCC[C@H]1CCCOc1ccc2c(c1)CN(C1CCC(=O)NC1=O)C2=O. The number of rotatable bonds is 7. The number of ether oxygens (including phenoxy) is 1. The standard InChI is InChI=1S/C22H29N3O4/c1-2-24-11-3-5-16(24)6-4-12-29-17-7-8-18-15(13-17)14-25(22(18)28)19-9-10-20(26)23-21(19)27/h7-8,13,16,19H,2-6,9-12,14H2,1H3,(H,23,26,27)/t16-,19?/m0/s1. The highest BCUT2D eigenvalue weighted by Gasteiger charge is 2.39. The maximum atomic E-state index is 12.7. The molecule has 2 fully saturated rings. The molecule has 1 N–H and O–H groups in total. The van der Waals surface area contributed by atoms with E-state index in [-0.39, 0.29) is 24.1 Å². The Morgan fingerprint density at radius 2 is 2.07 bits per heavy atom. The summed E-state index contributed by atoms with van der Waals surface area (Å²) in [6.45, 7) is 5.60. The third kappa shape index (κ3) is 4.15. The number of imide groups is 1. The van der Waals surface area contributed by atoms with Gasteiger partial charge in [-0.15, -0.1) is 0 Å². The molecule has 3 aliphatic rings. The summed E-state index contributed by atoms with van der Waals surface area (Å²) in [6.07, 6.45) is 5.39. The molecule has 4 rings (SSSR count). The van der Waals surface area contributed by atoms with Crippen molar-refractivity contribution in [1.29, 1.82) is 0 Å². The number of hydrogen-bond donors (Lipinski definition) is 1. The molecule has 0 spiro atoms. The van der Waals surface area contributed by atoms with Crippen molar-refractivity contribution in [2.24, 2.45) is 0 Å². The van der Waals surface area contributed by atoms with E-state index < -0.39 is 6.04 Å². The molecule has 7 heteroatoms. The van der Waals surface area contributed by atoms with Gasteiger partial charge >= 0.3 is 0 Å². The number of hydrogen-bond acceptors (Lipinski definition) is 5. The summed E-state index contributed by atoms with van der Waals surface area (Å²) in [5.74, 6) is -0.0416. The summed E-state index contributed by atoms with van der Waals surface area (Å²) in [6, 6.07) is 5.63. The second-order valence-corrected chi connectivity index (χ2v) is 8.13. The van der Waals surface area contributed by atoms with Gasteiger partial charge in [-0.3, -0.25) is 19.7 Å². The van der Waals surface area contributed by atoms with E-state index in [1.165, 1.54) is 19.4 Å². The molecule has 3 heterocycles. The van der Waals surface area contributed by atoms with Gasteiger partial charge < -0.3 is 14.5 Å². The van der Waals surface area contributed by atoms with E-state index in [0.717, 1.165) is 30.7 Å². The number of piperidine rings is 1. The number of benzene rings is 1. The van der Waals surface area contributed by atoms with Crippen LogP contribution in [-0.2, 0) is 16.1 Å². The van der Waals surface area contributed by atoms with Gasteiger partial charge in [-0.2, -0.15) is 0 Å². The topological polar surface area (TPSA) is 79.0 Å². The first-order valence-corrected chi connectivity index (χ1v) is 10.7. The van der Waals surface area contributed by atoms with Gasteiger partial charge in [-0.1, -0.05) is 6.92 Å². The average Bonchev–Trinajstić information content (AvgIpc) is 3.29. The van der Waals surface area contributed by atoms with Gasteiger partial charge in [0.2, 0.25) is 11.8 Å². The molecule has 0 saturated carbocycles. The van der Waals surface area contributed by atoms with Crippen LogP contribution in [0.2, 0.25) is 0 Å². The lowest BCUT2D eigenvalue weighted by Crippen LogP contribution is -2.52. The molecule has 2 saturated heterocycles. The molecule has 0 aromatic heterocycles. The van der Waals surface area contributed by atoms with Crippen LogP contribution < -0.4 is 10.1 Å². The monoisotopic (exact) mass is 399 g/mol. The quantitative estimate of drug-likeness (QED) is 0.561. The lowest BCUT2D eigenvalue weighted by molar-refractivity contribution is -0.136. The van der Waals surface area contributed by atoms with Crippen molar-refractivity contribution >= 4 is 17.7 Å². The average molecular weight is 399 g/mol. The molecule has 3 aliphatic heterocycles. The summed E-state index contributed by atoms with van der Waals surface area (Å²) in [5.41, 5.74) is 1.50. The van der Waals surface area contributed by atoms with E-state index in [1.807, 2.05) is 12.1 Å². The number of amides is 3. The van der Waals surface area contributed by atoms with E-state index in [4.69, 9.17) is 4.74 Å². The van der Waals surface area contributed by atoms with E-state index in [9.17, 15) is 14.4 Å². The summed E-state index contributed by atoms with van der Waals surface area (Å²) in [4.78, 5) is 40.3. The van der Waals surface area contributed by atoms with Crippen molar-refractivity contribution in [3.8, 4) is 5.75 Å². The molecular formula is C22H29N3O4. The fourth-order valence-electron chi connectivity index (χ4n) is 4.79. The Bertz CT molecular complexity index is 809. The summed E-state index contributed by atoms with van der Waals surface area (Å²) in [5, 5.41) is 2.33. The van der Waals surface area contributed by atoms with Gasteiger partial charge in [0.1, 0.15) is 11.8 Å². The smallest absolute Gasteiger partial charge is 0.255 e. The Morgan fingerprint density at radius 3 is 2.86 bits per heavy atom. The Morgan fingerprint density at radius 1 is 1.21 bits per heavy atom. The van der Waals surface area contributed by atoms with Gasteiger partial charge in [-0.05, 0) is 69.0 Å². The third-order valence-corrected chi connectivity index (χ3v) is 6.35. The molecule has 1 unspecified atom stereocenters. The van der Waals surface area contributed by atoms with Crippen LogP contribution in [-0.4, -0.2) is 59.3 Å². The van der Waals surface area contributed by atoms with Crippen LogP contribution in [0, 0.1) is 0 Å². The molecular weight excluding hydrogens is 370 g/mol. The van der Waals surface area contributed by atoms with Crippen molar-refractivity contribution in [1.82, 2.24) is 15.1 Å². The minimum atomic E-state index is -0.579. The predicted molar refractivity (Wildman–Crippen MR) is 107 cm³/mol. The number of fused-ring (bicyclic) bond motifs is 1. The van der Waals surface area contributed by atoms with Crippen LogP contribution in [0.5, 0.6) is 5.75 Å². The van der Waals surface area contributed by atoms with E-state index in [1.54, 1.807) is 11.0 Å². The maximum Gasteiger partial charge on any atom is 0.255 e. The van der Waals surface area contributed by atoms with Crippen LogP contribution in [0.15, 0.2) is 18.2 Å². The minimum absolute atomic E-state index is 0.151. The Labute approximate surface area is 171 Å². The Hall–Kier alpha value is -2.41. The molecule has 7 nitrogen and oxygen atoms in total. The summed E-state index contributed by atoms with van der Waals surface area (Å²) < 4.78 is 5.94. The van der Waals surface area contributed by atoms with Crippen LogP contribution >= 0.6 is 0 Å². The summed E-state index contributed by atoms with van der Waals surface area (Å²) in [7, 11) is 0. The zero-order chi connectivity index (χ0) is 20.4. The molecule has 1 aromatic rings. The first kappa shape index (κ1) is 19.9. The van der Waals surface area contributed by atoms with Gasteiger partial charge in [0.05, 0.1) is 6.61 Å². The van der Waals surface area contributed by atoms with Gasteiger partial charge in [0, 0.05) is 24.6 Å². The first-order chi connectivity index (χ1) is 14.1. The highest BCUT2D eigenvalue weighted by Crippen LogP contribution is 2.30. The first-order valence-electron chi connectivity index (χ1n) is 10.7. The summed E-state index contributed by atoms with van der Waals surface area (Å²) >= 11 is 0. The normalized spacial score (nSPS) is 24.7. The molecule has 2 atom stereocenters. The fourth-order valence-corrected chi connectivity index (χ4v) is 4.79. The molecule has 29 heavy (non-hydrogen) atoms. The van der Waals surface area contributed by atoms with Crippen molar-refractivity contribution in [2.75, 3.05) is 19.7 Å². The lowest BCUT2D eigenvalue weighted by atomic mass is 10.0. The van der Waals surface area contributed by atoms with Crippen molar-refractivity contribution < 1.29 is 19.1 Å². The molecule has 0 aliphatic carbocycles. The number of carbonyl (C=O) groups excluding carboxylic acids is 3. The largest absolute Gasteiger partial charge is 0.494 e. The van der Waals surface area contributed by atoms with Crippen molar-refractivity contribution in [2.45, 2.75) is 64.1 Å². The number of likely N-dealkylation sites (tertiary alicyclic amines) is 1. The van der Waals surface area contributed by atoms with Gasteiger partial charge in [0.15, 0.2) is 0 Å². The second kappa shape index (κ2) is 8.53. The zero-order valence-electron chi connectivity index (χ0n) is 17.0. The molecule has 0 bridgehead atoms. The van der Waals surface area contributed by atoms with Crippen molar-refractivity contribution in [3.63, 3.8) is 0 Å². The number of nitrogens with one attached hydrogen (secondary N) is 1. The Kier molecular flexibility index (Phi) is 5.85. The second-order valence-electron chi connectivity index (χ2n) is 8.13. The predicted octanol–water partition coefficient (Wildman–Crippen LogP) is 2.09. The van der Waals surface area contributed by atoms with Crippen molar-refractivity contribution in [3.05, 3.63) is 29.3 Å². The molecule has 1 aromatic carbocycles. The lowest BCUT2D eigenvalue weighted by Gasteiger charge is -2.29. The number of carbonyl (C=O) groups is 3. The highest BCUT2D eigenvalue weighted by atomic mass is 16.5. The fraction of sp³-hybridized carbons (Fsp3) is 0.591. The maximum absolute atomic E-state index is 12.7. The van der Waals surface area contributed by atoms with E-state index in [2.05, 4.69) is 17.1 Å². The zero-order valence-corrected chi connectivity index (χ0v) is 17.0. The minimum Gasteiger partial charge on any atom is -0.494 e. The Balaban J connectivity index is 1.31. The van der Waals surface area contributed by atoms with Crippen LogP contribution in [0.4, 0.5) is 0 Å². The van der Waals surface area contributed by atoms with Gasteiger partial charge in [-0.25, -0.2) is 0 Å². The third-order valence-electron chi connectivity index (χ3n) is 6.35. The van der Waals surface area contributed by atoms with Crippen LogP contribution in [0.25, 0.3) is 0 Å². The van der Waals surface area contributed by atoms with E-state index in [0.29, 0.717) is 31.2 Å². The molecule has 156 valence electrons. The van der Waals surface area contributed by atoms with Gasteiger partial charge in [0.25, 0.3) is 5.91 Å². The number of nitrogens with zero attached hydrogens (tertiary/aromatic N) is 2. The highest BCUT2D eigenvalue weighted by molar-refractivity contribution is 6.05. The van der Waals surface area contributed by atoms with Crippen LogP contribution in [0.3, 0.4) is 0 Å².